The number of aromatic amines is 1. The first kappa shape index (κ1) is 7.39. The van der Waals surface area contributed by atoms with Gasteiger partial charge in [-0.05, 0) is 6.08 Å². The fourth-order valence-corrected chi connectivity index (χ4v) is 0.572. The molecule has 0 saturated heterocycles. The van der Waals surface area contributed by atoms with Gasteiger partial charge in [0.1, 0.15) is 0 Å². The van der Waals surface area contributed by atoms with Crippen LogP contribution in [0.3, 0.4) is 0 Å². The van der Waals surface area contributed by atoms with E-state index in [0.717, 1.165) is 0 Å². The van der Waals surface area contributed by atoms with Crippen LogP contribution >= 0.6 is 0 Å². The SMILES string of the molecule is C=CC(OC=O)c1nn[nH]n1. The highest BCUT2D eigenvalue weighted by Gasteiger charge is 2.11. The average Bonchev–Trinajstić information content (AvgIpc) is 2.52. The molecule has 1 unspecified atom stereocenters. The van der Waals surface area contributed by atoms with Crippen LogP contribution in [0.5, 0.6) is 0 Å². The molecule has 6 nitrogen and oxygen atoms in total. The molecule has 1 heterocycles. The first-order valence-corrected chi connectivity index (χ1v) is 2.83. The summed E-state index contributed by atoms with van der Waals surface area (Å²) in [4.78, 5) is 9.91. The van der Waals surface area contributed by atoms with Crippen molar-refractivity contribution in [3.05, 3.63) is 18.5 Å². The summed E-state index contributed by atoms with van der Waals surface area (Å²) in [6, 6.07) is 0. The van der Waals surface area contributed by atoms with Crippen molar-refractivity contribution in [1.82, 2.24) is 20.6 Å². The van der Waals surface area contributed by atoms with Crippen LogP contribution in [-0.2, 0) is 9.53 Å². The molecule has 11 heavy (non-hydrogen) atoms. The Hall–Kier alpha value is -1.72. The van der Waals surface area contributed by atoms with E-state index in [1.54, 1.807) is 0 Å². The van der Waals surface area contributed by atoms with E-state index in [2.05, 4.69) is 31.9 Å². The van der Waals surface area contributed by atoms with Gasteiger partial charge in [-0.3, -0.25) is 4.79 Å². The van der Waals surface area contributed by atoms with E-state index >= 15 is 0 Å². The molecule has 1 aromatic rings. The van der Waals surface area contributed by atoms with Crippen molar-refractivity contribution in [3.8, 4) is 0 Å². The van der Waals surface area contributed by atoms with Crippen LogP contribution < -0.4 is 0 Å². The lowest BCUT2D eigenvalue weighted by Crippen LogP contribution is -2.01. The zero-order chi connectivity index (χ0) is 8.10. The lowest BCUT2D eigenvalue weighted by molar-refractivity contribution is -0.132. The quantitative estimate of drug-likeness (QED) is 0.471. The Labute approximate surface area is 62.3 Å². The molecular formula is C5H6N4O2. The second kappa shape index (κ2) is 3.45. The minimum atomic E-state index is -0.619. The lowest BCUT2D eigenvalue weighted by Gasteiger charge is -2.02. The molecule has 0 fully saturated rings. The molecule has 58 valence electrons. The molecule has 1 atom stereocenters. The molecular weight excluding hydrogens is 148 g/mol. The first-order valence-electron chi connectivity index (χ1n) is 2.83. The number of carbonyl (C=O) groups is 1. The molecule has 1 N–H and O–H groups in total. The summed E-state index contributed by atoms with van der Waals surface area (Å²) in [5.74, 6) is 0.284. The number of tetrazole rings is 1. The highest BCUT2D eigenvalue weighted by molar-refractivity contribution is 5.38. The van der Waals surface area contributed by atoms with Crippen molar-refractivity contribution in [2.45, 2.75) is 6.10 Å². The van der Waals surface area contributed by atoms with Crippen LogP contribution in [0.2, 0.25) is 0 Å². The summed E-state index contributed by atoms with van der Waals surface area (Å²) < 4.78 is 4.55. The summed E-state index contributed by atoms with van der Waals surface area (Å²) in [7, 11) is 0. The average molecular weight is 154 g/mol. The summed E-state index contributed by atoms with van der Waals surface area (Å²) >= 11 is 0. The van der Waals surface area contributed by atoms with Gasteiger partial charge in [0.25, 0.3) is 6.47 Å². The number of aromatic nitrogens is 4. The second-order valence-corrected chi connectivity index (χ2v) is 1.66. The molecule has 0 spiro atoms. The summed E-state index contributed by atoms with van der Waals surface area (Å²) in [5, 5.41) is 12.7. The van der Waals surface area contributed by atoms with Crippen molar-refractivity contribution < 1.29 is 9.53 Å². The van der Waals surface area contributed by atoms with Crippen molar-refractivity contribution in [1.29, 1.82) is 0 Å². The van der Waals surface area contributed by atoms with E-state index in [-0.39, 0.29) is 5.82 Å². The topological polar surface area (TPSA) is 80.8 Å². The van der Waals surface area contributed by atoms with Crippen molar-refractivity contribution in [2.75, 3.05) is 0 Å². The number of nitrogens with zero attached hydrogens (tertiary/aromatic N) is 3. The van der Waals surface area contributed by atoms with Crippen LogP contribution in [0.25, 0.3) is 0 Å². The molecule has 0 aromatic carbocycles. The third-order valence-corrected chi connectivity index (χ3v) is 1.03. The van der Waals surface area contributed by atoms with Gasteiger partial charge >= 0.3 is 0 Å². The molecule has 1 rings (SSSR count). The molecule has 0 saturated carbocycles. The Morgan fingerprint density at radius 1 is 1.73 bits per heavy atom. The van der Waals surface area contributed by atoms with Crippen LogP contribution in [0.4, 0.5) is 0 Å². The summed E-state index contributed by atoms with van der Waals surface area (Å²) in [6.45, 7) is 3.74. The van der Waals surface area contributed by atoms with Gasteiger partial charge in [-0.2, -0.15) is 5.21 Å². The molecule has 1 aromatic heterocycles. The standard InChI is InChI=1S/C5H6N4O2/c1-2-4(11-3-10)5-6-8-9-7-5/h2-4H,1H2,(H,6,7,8,9). The minimum Gasteiger partial charge on any atom is -0.452 e. The van der Waals surface area contributed by atoms with E-state index in [9.17, 15) is 4.79 Å². The van der Waals surface area contributed by atoms with Crippen molar-refractivity contribution >= 4 is 6.47 Å². The second-order valence-electron chi connectivity index (χ2n) is 1.66. The third-order valence-electron chi connectivity index (χ3n) is 1.03. The number of hydrogen-bond donors (Lipinski definition) is 1. The Morgan fingerprint density at radius 3 is 3.00 bits per heavy atom. The van der Waals surface area contributed by atoms with E-state index in [1.165, 1.54) is 6.08 Å². The normalized spacial score (nSPS) is 12.0. The van der Waals surface area contributed by atoms with E-state index in [1.807, 2.05) is 0 Å². The van der Waals surface area contributed by atoms with E-state index in [0.29, 0.717) is 6.47 Å². The number of hydrogen-bond acceptors (Lipinski definition) is 5. The van der Waals surface area contributed by atoms with Crippen LogP contribution in [-0.4, -0.2) is 27.1 Å². The third kappa shape index (κ3) is 1.60. The zero-order valence-electron chi connectivity index (χ0n) is 5.60. The Bertz CT molecular complexity index is 233. The molecule has 6 heteroatoms. The van der Waals surface area contributed by atoms with Gasteiger partial charge in [0.05, 0.1) is 0 Å². The Balaban J connectivity index is 2.70. The Morgan fingerprint density at radius 2 is 2.55 bits per heavy atom. The van der Waals surface area contributed by atoms with E-state index < -0.39 is 6.10 Å². The molecule has 0 bridgehead atoms. The van der Waals surface area contributed by atoms with Gasteiger partial charge in [-0.1, -0.05) is 11.8 Å². The molecule has 0 aliphatic carbocycles. The van der Waals surface area contributed by atoms with Crippen LogP contribution in [0.1, 0.15) is 11.9 Å². The predicted molar refractivity (Wildman–Crippen MR) is 34.3 cm³/mol. The lowest BCUT2D eigenvalue weighted by atomic mass is 10.3. The smallest absolute Gasteiger partial charge is 0.294 e. The molecule has 0 radical (unpaired) electrons. The van der Waals surface area contributed by atoms with Crippen molar-refractivity contribution in [2.24, 2.45) is 0 Å². The first-order chi connectivity index (χ1) is 5.38. The number of nitrogens with one attached hydrogen (secondary N) is 1. The zero-order valence-corrected chi connectivity index (χ0v) is 5.60. The highest BCUT2D eigenvalue weighted by atomic mass is 16.5. The number of carbonyl (C=O) groups excluding carboxylic acids is 1. The monoisotopic (exact) mass is 154 g/mol. The number of ether oxygens (including phenoxy) is 1. The van der Waals surface area contributed by atoms with Gasteiger partial charge in [0.2, 0.25) is 5.82 Å². The van der Waals surface area contributed by atoms with Gasteiger partial charge in [0, 0.05) is 0 Å². The maximum absolute atomic E-state index is 9.91. The molecule has 0 aliphatic rings. The number of H-pyrrole nitrogens is 1. The predicted octanol–water partition coefficient (Wildman–Crippen LogP) is -0.400. The Kier molecular flexibility index (Phi) is 2.32. The van der Waals surface area contributed by atoms with E-state index in [4.69, 9.17) is 0 Å². The summed E-state index contributed by atoms with van der Waals surface area (Å²) in [6.07, 6.45) is 0.783. The maximum atomic E-state index is 9.91. The number of rotatable bonds is 4. The van der Waals surface area contributed by atoms with Gasteiger partial charge in [-0.15, -0.1) is 10.2 Å². The summed E-state index contributed by atoms with van der Waals surface area (Å²) in [5.41, 5.74) is 0. The van der Waals surface area contributed by atoms with Crippen LogP contribution in [0.15, 0.2) is 12.7 Å². The molecule has 0 aliphatic heterocycles. The fraction of sp³-hybridized carbons (Fsp3) is 0.200. The largest absolute Gasteiger partial charge is 0.452 e. The molecule has 0 amide bonds. The van der Waals surface area contributed by atoms with Gasteiger partial charge in [0.15, 0.2) is 6.10 Å². The van der Waals surface area contributed by atoms with Gasteiger partial charge < -0.3 is 4.74 Å². The van der Waals surface area contributed by atoms with Crippen molar-refractivity contribution in [3.63, 3.8) is 0 Å². The van der Waals surface area contributed by atoms with Gasteiger partial charge in [-0.25, -0.2) is 0 Å². The minimum absolute atomic E-state index is 0.284. The highest BCUT2D eigenvalue weighted by Crippen LogP contribution is 2.09. The fourth-order valence-electron chi connectivity index (χ4n) is 0.572. The van der Waals surface area contributed by atoms with Crippen LogP contribution in [0, 0.1) is 0 Å². The maximum Gasteiger partial charge on any atom is 0.294 e.